The van der Waals surface area contributed by atoms with Crippen molar-refractivity contribution in [3.63, 3.8) is 0 Å². The average molecular weight is 519 g/mol. The number of carbonyl (C=O) groups excluding carboxylic acids is 1. The zero-order chi connectivity index (χ0) is 26.4. The molecule has 0 saturated heterocycles. The minimum atomic E-state index is -2.95. The molecular formula is C28H20F2N2O4S. The van der Waals surface area contributed by atoms with Gasteiger partial charge in [0.15, 0.2) is 0 Å². The van der Waals surface area contributed by atoms with Crippen LogP contribution in [0, 0.1) is 11.3 Å². The van der Waals surface area contributed by atoms with E-state index in [2.05, 4.69) is 4.74 Å². The van der Waals surface area contributed by atoms with Gasteiger partial charge in [-0.1, -0.05) is 42.5 Å². The quantitative estimate of drug-likeness (QED) is 0.325. The van der Waals surface area contributed by atoms with Crippen LogP contribution in [0.3, 0.4) is 0 Å². The molecule has 0 aliphatic carbocycles. The van der Waals surface area contributed by atoms with Crippen molar-refractivity contribution in [3.8, 4) is 23.3 Å². The molecule has 0 aliphatic rings. The summed E-state index contributed by atoms with van der Waals surface area (Å²) in [6.45, 7) is -0.619. The summed E-state index contributed by atoms with van der Waals surface area (Å²) >= 11 is 0.993. The molecule has 4 aromatic rings. The van der Waals surface area contributed by atoms with Gasteiger partial charge in [0.2, 0.25) is 5.78 Å². The van der Waals surface area contributed by atoms with Gasteiger partial charge in [-0.2, -0.15) is 14.0 Å². The first-order chi connectivity index (χ1) is 17.9. The zero-order valence-corrected chi connectivity index (χ0v) is 20.4. The number of thiazole rings is 1. The van der Waals surface area contributed by atoms with E-state index in [0.717, 1.165) is 11.3 Å². The number of ether oxygens (including phenoxy) is 2. The summed E-state index contributed by atoms with van der Waals surface area (Å²) in [6.07, 6.45) is 1.57. The van der Waals surface area contributed by atoms with E-state index in [1.807, 2.05) is 13.0 Å². The number of hydrogen-bond donors (Lipinski definition) is 0. The second-order valence-corrected chi connectivity index (χ2v) is 8.64. The highest BCUT2D eigenvalue weighted by atomic mass is 32.1. The van der Waals surface area contributed by atoms with E-state index in [4.69, 9.17) is 4.74 Å². The first-order valence-electron chi connectivity index (χ1n) is 11.2. The van der Waals surface area contributed by atoms with Crippen LogP contribution in [-0.4, -0.2) is 23.6 Å². The number of Topliss-reactive ketones (excluding diaryl/α,β-unsaturated/α-hetero) is 1. The lowest BCUT2D eigenvalue weighted by Crippen LogP contribution is -2.31. The van der Waals surface area contributed by atoms with Crippen LogP contribution in [0.5, 0.6) is 11.5 Å². The van der Waals surface area contributed by atoms with Crippen LogP contribution < -0.4 is 24.2 Å². The van der Waals surface area contributed by atoms with Crippen molar-refractivity contribution in [1.82, 2.24) is 4.57 Å². The molecule has 3 aromatic carbocycles. The topological polar surface area (TPSA) is 81.3 Å². The van der Waals surface area contributed by atoms with Gasteiger partial charge in [0.1, 0.15) is 27.8 Å². The van der Waals surface area contributed by atoms with E-state index >= 15 is 0 Å². The number of aromatic nitrogens is 1. The van der Waals surface area contributed by atoms with Crippen LogP contribution >= 0.6 is 11.3 Å². The highest BCUT2D eigenvalue weighted by Gasteiger charge is 2.18. The van der Waals surface area contributed by atoms with Crippen molar-refractivity contribution in [2.45, 2.75) is 13.5 Å². The summed E-state index contributed by atoms with van der Waals surface area (Å²) in [5.41, 5.74) is 0.707. The molecule has 9 heteroatoms. The number of alkyl halides is 2. The van der Waals surface area contributed by atoms with E-state index in [1.54, 1.807) is 60.7 Å². The maximum absolute atomic E-state index is 13.6. The van der Waals surface area contributed by atoms with E-state index < -0.39 is 18.0 Å². The Kier molecular flexibility index (Phi) is 7.91. The van der Waals surface area contributed by atoms with Crippen molar-refractivity contribution < 1.29 is 23.0 Å². The van der Waals surface area contributed by atoms with Gasteiger partial charge in [0, 0.05) is 5.56 Å². The lowest BCUT2D eigenvalue weighted by Gasteiger charge is -2.06. The predicted molar refractivity (Wildman–Crippen MR) is 137 cm³/mol. The van der Waals surface area contributed by atoms with Gasteiger partial charge in [-0.3, -0.25) is 14.2 Å². The number of halogens is 2. The number of nitriles is 1. The van der Waals surface area contributed by atoms with E-state index in [0.29, 0.717) is 29.2 Å². The van der Waals surface area contributed by atoms with E-state index in [9.17, 15) is 23.6 Å². The fourth-order valence-corrected chi connectivity index (χ4v) is 4.67. The number of ketones is 1. The van der Waals surface area contributed by atoms with E-state index in [1.165, 1.54) is 28.8 Å². The third kappa shape index (κ3) is 5.82. The summed E-state index contributed by atoms with van der Waals surface area (Å²) in [5, 5.41) is 9.97. The molecule has 1 aromatic heterocycles. The Balaban J connectivity index is 1.93. The van der Waals surface area contributed by atoms with Crippen LogP contribution in [0.4, 0.5) is 8.78 Å². The molecule has 37 heavy (non-hydrogen) atoms. The van der Waals surface area contributed by atoms with Gasteiger partial charge in [0.25, 0.3) is 5.56 Å². The molecule has 0 atom stereocenters. The van der Waals surface area contributed by atoms with Gasteiger partial charge < -0.3 is 9.47 Å². The minimum Gasteiger partial charge on any atom is -0.494 e. The van der Waals surface area contributed by atoms with Crippen LogP contribution in [-0.2, 0) is 0 Å². The third-order valence-corrected chi connectivity index (χ3v) is 6.31. The van der Waals surface area contributed by atoms with Gasteiger partial charge >= 0.3 is 6.61 Å². The van der Waals surface area contributed by atoms with Crippen molar-refractivity contribution in [2.75, 3.05) is 6.61 Å². The largest absolute Gasteiger partial charge is 0.494 e. The van der Waals surface area contributed by atoms with Crippen molar-refractivity contribution >= 4 is 28.8 Å². The normalized spacial score (nSPS) is 12.2. The summed E-state index contributed by atoms with van der Waals surface area (Å²) in [4.78, 5) is 26.8. The second kappa shape index (κ2) is 11.5. The van der Waals surface area contributed by atoms with E-state index in [-0.39, 0.29) is 20.5 Å². The molecule has 0 N–H and O–H groups in total. The molecule has 0 radical (unpaired) electrons. The zero-order valence-electron chi connectivity index (χ0n) is 19.6. The highest BCUT2D eigenvalue weighted by molar-refractivity contribution is 7.07. The number of hydrogen-bond acceptors (Lipinski definition) is 6. The van der Waals surface area contributed by atoms with Gasteiger partial charge in [-0.05, 0) is 55.0 Å². The predicted octanol–water partition coefficient (Wildman–Crippen LogP) is 4.29. The van der Waals surface area contributed by atoms with Crippen LogP contribution in [0.2, 0.25) is 0 Å². The fraction of sp³-hybridized carbons (Fsp3) is 0.107. The Labute approximate surface area is 214 Å². The van der Waals surface area contributed by atoms with Crippen molar-refractivity contribution in [1.29, 1.82) is 5.26 Å². The number of carbonyl (C=O) groups is 1. The summed E-state index contributed by atoms with van der Waals surface area (Å²) < 4.78 is 36.5. The smallest absolute Gasteiger partial charge is 0.387 e. The first kappa shape index (κ1) is 25.5. The third-order valence-electron chi connectivity index (χ3n) is 5.22. The molecular weight excluding hydrogens is 498 g/mol. The highest BCUT2D eigenvalue weighted by Crippen LogP contribution is 2.16. The molecule has 0 bridgehead atoms. The van der Waals surface area contributed by atoms with Crippen LogP contribution in [0.1, 0.15) is 22.8 Å². The maximum atomic E-state index is 13.6. The molecule has 0 aliphatic heterocycles. The molecule has 0 fully saturated rings. The van der Waals surface area contributed by atoms with Crippen LogP contribution in [0.25, 0.3) is 17.3 Å². The minimum absolute atomic E-state index is 0.0145. The van der Waals surface area contributed by atoms with Gasteiger partial charge in [-0.25, -0.2) is 0 Å². The fourth-order valence-electron chi connectivity index (χ4n) is 3.57. The molecule has 1 heterocycles. The second-order valence-electron chi connectivity index (χ2n) is 7.61. The summed E-state index contributed by atoms with van der Waals surface area (Å²) in [6, 6.07) is 22.8. The maximum Gasteiger partial charge on any atom is 0.387 e. The Hall–Kier alpha value is -4.55. The Morgan fingerprint density at radius 3 is 2.27 bits per heavy atom. The molecule has 4 rings (SSSR count). The van der Waals surface area contributed by atoms with Crippen molar-refractivity contribution in [2.24, 2.45) is 0 Å². The Morgan fingerprint density at radius 2 is 1.68 bits per heavy atom. The molecule has 186 valence electrons. The lowest BCUT2D eigenvalue weighted by atomic mass is 10.1. The van der Waals surface area contributed by atoms with Gasteiger partial charge in [0.05, 0.1) is 16.8 Å². The SMILES string of the molecule is CCOc1ccc(-n2c(=O)/c(=C\c3ccc(OC(F)F)cc3)s/c2=C(/C#N)C(=O)c2ccccc2)cc1. The molecule has 0 spiro atoms. The van der Waals surface area contributed by atoms with Crippen molar-refractivity contribution in [3.05, 3.63) is 110 Å². The Bertz CT molecular complexity index is 1620. The molecule has 0 saturated carbocycles. The number of nitrogens with zero attached hydrogens (tertiary/aromatic N) is 2. The summed E-state index contributed by atoms with van der Waals surface area (Å²) in [7, 11) is 0. The summed E-state index contributed by atoms with van der Waals surface area (Å²) in [5.74, 6) is 0.0854. The molecule has 0 amide bonds. The number of benzene rings is 3. The van der Waals surface area contributed by atoms with Crippen LogP contribution in [0.15, 0.2) is 83.7 Å². The molecule has 6 nitrogen and oxygen atoms in total. The van der Waals surface area contributed by atoms with Gasteiger partial charge in [-0.15, -0.1) is 11.3 Å². The first-order valence-corrected chi connectivity index (χ1v) is 12.0. The Morgan fingerprint density at radius 1 is 1.03 bits per heavy atom. The average Bonchev–Trinajstić information content (AvgIpc) is 3.21. The standard InChI is InChI=1S/C28H20F2N2O4S/c1-2-35-21-14-10-20(11-15-21)32-26(34)24(16-18-8-12-22(13-9-18)36-28(29)30)37-27(32)23(17-31)25(33)19-6-4-3-5-7-19/h3-16,28H,2H2,1H3/b24-16+,27-23-. The molecule has 0 unspecified atom stereocenters. The lowest BCUT2D eigenvalue weighted by molar-refractivity contribution is -0.0498. The monoisotopic (exact) mass is 518 g/mol. The number of rotatable bonds is 8.